The molecule has 2 aromatic carbocycles. The zero-order chi connectivity index (χ0) is 17.7. The Hall–Kier alpha value is -1.76. The number of urea groups is 1. The van der Waals surface area contributed by atoms with Crippen molar-refractivity contribution in [1.82, 2.24) is 5.32 Å². The normalized spacial score (nSPS) is 10.4. The Morgan fingerprint density at radius 3 is 2.62 bits per heavy atom. The van der Waals surface area contributed by atoms with Crippen LogP contribution >= 0.6 is 22.6 Å². The zero-order valence-electron chi connectivity index (χ0n) is 14.5. The Bertz CT molecular complexity index is 744. The van der Waals surface area contributed by atoms with E-state index < -0.39 is 0 Å². The van der Waals surface area contributed by atoms with Crippen LogP contribution < -0.4 is 15.4 Å². The molecule has 0 saturated heterocycles. The molecule has 0 spiro atoms. The molecule has 2 N–H and O–H groups in total. The van der Waals surface area contributed by atoms with Gasteiger partial charge in [0.2, 0.25) is 0 Å². The fourth-order valence-corrected chi connectivity index (χ4v) is 3.20. The van der Waals surface area contributed by atoms with Crippen molar-refractivity contribution in [2.45, 2.75) is 33.8 Å². The van der Waals surface area contributed by atoms with E-state index in [1.807, 2.05) is 18.2 Å². The van der Waals surface area contributed by atoms with Gasteiger partial charge in [0.1, 0.15) is 12.4 Å². The van der Waals surface area contributed by atoms with Gasteiger partial charge in [-0.05, 0) is 77.7 Å². The smallest absolute Gasteiger partial charge is 0.318 e. The molecule has 24 heavy (non-hydrogen) atoms. The van der Waals surface area contributed by atoms with Gasteiger partial charge in [-0.15, -0.1) is 0 Å². The molecule has 2 aromatic rings. The molecule has 2 amide bonds. The Balaban J connectivity index is 2.23. The lowest BCUT2D eigenvalue weighted by molar-refractivity contribution is 0.254. The van der Waals surface area contributed by atoms with Gasteiger partial charge in [0.25, 0.3) is 0 Å². The summed E-state index contributed by atoms with van der Waals surface area (Å²) in [7, 11) is 1.60. The Morgan fingerprint density at radius 1 is 1.21 bits per heavy atom. The topological polar surface area (TPSA) is 50.4 Å². The minimum Gasteiger partial charge on any atom is -0.489 e. The predicted octanol–water partition coefficient (Wildman–Crippen LogP) is 4.80. The van der Waals surface area contributed by atoms with Crippen LogP contribution in [0.2, 0.25) is 0 Å². The summed E-state index contributed by atoms with van der Waals surface area (Å²) in [6.45, 7) is 6.74. The highest BCUT2D eigenvalue weighted by Gasteiger charge is 2.11. The monoisotopic (exact) mass is 438 g/mol. The average Bonchev–Trinajstić information content (AvgIpc) is 2.56. The summed E-state index contributed by atoms with van der Waals surface area (Å²) in [5.74, 6) is 0.884. The van der Waals surface area contributed by atoms with Crippen LogP contribution in [0, 0.1) is 17.4 Å². The van der Waals surface area contributed by atoms with Crippen LogP contribution in [0.25, 0.3) is 0 Å². The zero-order valence-corrected chi connectivity index (χ0v) is 16.7. The second-order valence-electron chi connectivity index (χ2n) is 5.66. The minimum absolute atomic E-state index is 0.238. The maximum atomic E-state index is 11.6. The number of carbonyl (C=O) groups is 1. The highest BCUT2D eigenvalue weighted by Crippen LogP contribution is 2.27. The van der Waals surface area contributed by atoms with Crippen molar-refractivity contribution in [3.8, 4) is 5.75 Å². The number of amides is 2. The highest BCUT2D eigenvalue weighted by atomic mass is 127. The van der Waals surface area contributed by atoms with E-state index in [9.17, 15) is 4.79 Å². The van der Waals surface area contributed by atoms with Crippen molar-refractivity contribution < 1.29 is 9.53 Å². The molecule has 0 aliphatic heterocycles. The maximum Gasteiger partial charge on any atom is 0.318 e. The highest BCUT2D eigenvalue weighted by molar-refractivity contribution is 14.1. The quantitative estimate of drug-likeness (QED) is 0.659. The van der Waals surface area contributed by atoms with E-state index in [-0.39, 0.29) is 6.03 Å². The first-order valence-corrected chi connectivity index (χ1v) is 9.03. The summed E-state index contributed by atoms with van der Waals surface area (Å²) in [6.07, 6.45) is 1.02. The molecule has 0 bridgehead atoms. The molecule has 0 aliphatic rings. The van der Waals surface area contributed by atoms with Crippen LogP contribution in [0.5, 0.6) is 5.75 Å². The second-order valence-corrected chi connectivity index (χ2v) is 6.82. The van der Waals surface area contributed by atoms with Crippen molar-refractivity contribution in [2.24, 2.45) is 0 Å². The molecular weight excluding hydrogens is 415 g/mol. The SMILES string of the molecule is CCc1cc(C)c(OCc2c(I)cccc2NC(=O)NC)cc1C. The van der Waals surface area contributed by atoms with Gasteiger partial charge >= 0.3 is 6.03 Å². The number of hydrogen-bond acceptors (Lipinski definition) is 2. The molecule has 2 rings (SSSR count). The van der Waals surface area contributed by atoms with Gasteiger partial charge in [0.15, 0.2) is 0 Å². The number of benzene rings is 2. The van der Waals surface area contributed by atoms with E-state index in [0.29, 0.717) is 6.61 Å². The summed E-state index contributed by atoms with van der Waals surface area (Å²) >= 11 is 2.26. The number of carbonyl (C=O) groups excluding carboxylic acids is 1. The molecule has 0 atom stereocenters. The molecule has 128 valence electrons. The second kappa shape index (κ2) is 8.37. The third-order valence-electron chi connectivity index (χ3n) is 3.98. The van der Waals surface area contributed by atoms with Crippen molar-refractivity contribution in [2.75, 3.05) is 12.4 Å². The van der Waals surface area contributed by atoms with Crippen LogP contribution in [0.4, 0.5) is 10.5 Å². The molecule has 0 saturated carbocycles. The van der Waals surface area contributed by atoms with Gasteiger partial charge in [-0.25, -0.2) is 4.79 Å². The van der Waals surface area contributed by atoms with Crippen LogP contribution in [-0.4, -0.2) is 13.1 Å². The number of ether oxygens (including phenoxy) is 1. The van der Waals surface area contributed by atoms with Gasteiger partial charge in [-0.3, -0.25) is 0 Å². The fraction of sp³-hybridized carbons (Fsp3) is 0.316. The third kappa shape index (κ3) is 4.41. The first-order valence-electron chi connectivity index (χ1n) is 7.95. The standard InChI is InChI=1S/C19H23IN2O2/c1-5-14-9-13(3)18(10-12(14)2)24-11-15-16(20)7-6-8-17(15)22-19(23)21-4/h6-10H,5,11H2,1-4H3,(H2,21,22,23). The van der Waals surface area contributed by atoms with Gasteiger partial charge < -0.3 is 15.4 Å². The first kappa shape index (κ1) is 18.6. The number of aryl methyl sites for hydroxylation is 3. The van der Waals surface area contributed by atoms with Crippen LogP contribution in [0.3, 0.4) is 0 Å². The molecule has 0 unspecified atom stereocenters. The summed E-state index contributed by atoms with van der Waals surface area (Å²) in [5.41, 5.74) is 5.45. The van der Waals surface area contributed by atoms with E-state index in [1.54, 1.807) is 7.05 Å². The van der Waals surface area contributed by atoms with Gasteiger partial charge in [0, 0.05) is 16.2 Å². The number of nitrogens with one attached hydrogen (secondary N) is 2. The van der Waals surface area contributed by atoms with Crippen LogP contribution in [-0.2, 0) is 13.0 Å². The predicted molar refractivity (Wildman–Crippen MR) is 107 cm³/mol. The lowest BCUT2D eigenvalue weighted by atomic mass is 10.0. The number of hydrogen-bond donors (Lipinski definition) is 2. The minimum atomic E-state index is -0.238. The Labute approximate surface area is 157 Å². The number of rotatable bonds is 5. The summed E-state index contributed by atoms with van der Waals surface area (Å²) in [5, 5.41) is 5.42. The first-order chi connectivity index (χ1) is 11.5. The summed E-state index contributed by atoms with van der Waals surface area (Å²) in [6, 6.07) is 9.85. The van der Waals surface area contributed by atoms with Crippen molar-refractivity contribution in [3.63, 3.8) is 0 Å². The average molecular weight is 438 g/mol. The molecular formula is C19H23IN2O2. The van der Waals surface area contributed by atoms with Crippen molar-refractivity contribution in [3.05, 3.63) is 56.2 Å². The van der Waals surface area contributed by atoms with Crippen LogP contribution in [0.1, 0.15) is 29.2 Å². The number of anilines is 1. The Kier molecular flexibility index (Phi) is 6.48. The molecule has 0 radical (unpaired) electrons. The van der Waals surface area contributed by atoms with E-state index in [0.717, 1.165) is 32.6 Å². The van der Waals surface area contributed by atoms with Crippen molar-refractivity contribution >= 4 is 34.3 Å². The molecule has 0 fully saturated rings. The number of halogens is 1. The van der Waals surface area contributed by atoms with Gasteiger partial charge in [-0.2, -0.15) is 0 Å². The van der Waals surface area contributed by atoms with E-state index in [1.165, 1.54) is 11.1 Å². The van der Waals surface area contributed by atoms with E-state index >= 15 is 0 Å². The third-order valence-corrected chi connectivity index (χ3v) is 4.99. The molecule has 0 aromatic heterocycles. The van der Waals surface area contributed by atoms with E-state index in [4.69, 9.17) is 4.74 Å². The largest absolute Gasteiger partial charge is 0.489 e. The van der Waals surface area contributed by atoms with E-state index in [2.05, 4.69) is 66.1 Å². The Morgan fingerprint density at radius 2 is 1.96 bits per heavy atom. The lowest BCUT2D eigenvalue weighted by Crippen LogP contribution is -2.25. The van der Waals surface area contributed by atoms with Crippen molar-refractivity contribution in [1.29, 1.82) is 0 Å². The van der Waals surface area contributed by atoms with Gasteiger partial charge in [-0.1, -0.05) is 19.1 Å². The lowest BCUT2D eigenvalue weighted by Gasteiger charge is -2.16. The molecule has 5 heteroatoms. The summed E-state index contributed by atoms with van der Waals surface area (Å²) in [4.78, 5) is 11.6. The molecule has 0 aliphatic carbocycles. The molecule has 4 nitrogen and oxygen atoms in total. The summed E-state index contributed by atoms with van der Waals surface area (Å²) < 4.78 is 7.12. The van der Waals surface area contributed by atoms with Crippen LogP contribution in [0.15, 0.2) is 30.3 Å². The fourth-order valence-electron chi connectivity index (χ4n) is 2.54. The molecule has 0 heterocycles. The maximum absolute atomic E-state index is 11.6. The van der Waals surface area contributed by atoms with Gasteiger partial charge in [0.05, 0.1) is 5.69 Å².